The molecule has 1 rings (SSSR count). The third-order valence-corrected chi connectivity index (χ3v) is 3.08. The smallest absolute Gasteiger partial charge is 0.0233 e. The predicted molar refractivity (Wildman–Crippen MR) is 74.9 cm³/mol. The largest absolute Gasteiger partial charge is 0.328 e. The number of nitrogens with two attached hydrogens (primary N) is 1. The van der Waals surface area contributed by atoms with E-state index in [4.69, 9.17) is 5.73 Å². The van der Waals surface area contributed by atoms with Gasteiger partial charge in [-0.15, -0.1) is 0 Å². The fourth-order valence-corrected chi connectivity index (χ4v) is 1.99. The van der Waals surface area contributed by atoms with E-state index in [9.17, 15) is 0 Å². The molecule has 0 saturated carbocycles. The predicted octanol–water partition coefficient (Wildman–Crippen LogP) is 3.03. The van der Waals surface area contributed by atoms with Crippen LogP contribution in [0.1, 0.15) is 38.7 Å². The van der Waals surface area contributed by atoms with E-state index in [-0.39, 0.29) is 0 Å². The van der Waals surface area contributed by atoms with Crippen molar-refractivity contribution in [1.82, 2.24) is 4.90 Å². The van der Waals surface area contributed by atoms with Crippen LogP contribution in [-0.2, 0) is 6.54 Å². The number of unbranched alkanes of at least 4 members (excludes halogenated alkanes) is 1. The summed E-state index contributed by atoms with van der Waals surface area (Å²) >= 11 is 0. The van der Waals surface area contributed by atoms with Crippen molar-refractivity contribution in [3.63, 3.8) is 0 Å². The van der Waals surface area contributed by atoms with E-state index in [1.54, 1.807) is 0 Å². The molecule has 0 spiro atoms. The van der Waals surface area contributed by atoms with Gasteiger partial charge in [0, 0.05) is 12.6 Å². The van der Waals surface area contributed by atoms with Crippen molar-refractivity contribution in [3.05, 3.63) is 35.9 Å². The van der Waals surface area contributed by atoms with Crippen molar-refractivity contribution in [3.8, 4) is 0 Å². The van der Waals surface area contributed by atoms with E-state index in [1.165, 1.54) is 24.9 Å². The van der Waals surface area contributed by atoms with Gasteiger partial charge in [0.25, 0.3) is 0 Å². The van der Waals surface area contributed by atoms with Gasteiger partial charge in [-0.05, 0) is 38.4 Å². The molecule has 1 aromatic carbocycles. The van der Waals surface area contributed by atoms with Crippen LogP contribution in [0.15, 0.2) is 30.3 Å². The summed E-state index contributed by atoms with van der Waals surface area (Å²) in [5, 5.41) is 0. The Labute approximate surface area is 106 Å². The maximum Gasteiger partial charge on any atom is 0.0233 e. The Hall–Kier alpha value is -0.860. The van der Waals surface area contributed by atoms with Crippen molar-refractivity contribution in [1.29, 1.82) is 0 Å². The highest BCUT2D eigenvalue weighted by Gasteiger charge is 2.03. The molecule has 0 aromatic heterocycles. The van der Waals surface area contributed by atoms with E-state index >= 15 is 0 Å². The molecule has 0 saturated heterocycles. The summed E-state index contributed by atoms with van der Waals surface area (Å²) in [6.07, 6.45) is 3.63. The molecule has 0 radical (unpaired) electrons. The highest BCUT2D eigenvalue weighted by Crippen LogP contribution is 2.06. The molecular formula is C15H26N2. The van der Waals surface area contributed by atoms with Crippen molar-refractivity contribution in [2.75, 3.05) is 13.1 Å². The van der Waals surface area contributed by atoms with Gasteiger partial charge in [-0.3, -0.25) is 4.90 Å². The quantitative estimate of drug-likeness (QED) is 0.701. The minimum atomic E-state index is 0.346. The van der Waals surface area contributed by atoms with Gasteiger partial charge in [0.15, 0.2) is 0 Å². The summed E-state index contributed by atoms with van der Waals surface area (Å²) in [7, 11) is 0. The first-order chi connectivity index (χ1) is 8.22. The summed E-state index contributed by atoms with van der Waals surface area (Å²) < 4.78 is 0. The Morgan fingerprint density at radius 2 is 1.88 bits per heavy atom. The molecule has 1 atom stereocenters. The highest BCUT2D eigenvalue weighted by atomic mass is 15.1. The molecule has 96 valence electrons. The lowest BCUT2D eigenvalue weighted by atomic mass is 10.1. The van der Waals surface area contributed by atoms with E-state index in [0.29, 0.717) is 6.04 Å². The summed E-state index contributed by atoms with van der Waals surface area (Å²) in [6.45, 7) is 7.68. The minimum Gasteiger partial charge on any atom is -0.328 e. The molecular weight excluding hydrogens is 208 g/mol. The van der Waals surface area contributed by atoms with Crippen LogP contribution in [0.3, 0.4) is 0 Å². The van der Waals surface area contributed by atoms with Crippen molar-refractivity contribution >= 4 is 0 Å². The van der Waals surface area contributed by atoms with Crippen molar-refractivity contribution in [2.24, 2.45) is 5.73 Å². The van der Waals surface area contributed by atoms with Crippen LogP contribution in [0.4, 0.5) is 0 Å². The summed E-state index contributed by atoms with van der Waals surface area (Å²) in [6, 6.07) is 11.0. The van der Waals surface area contributed by atoms with Crippen LogP contribution in [0.25, 0.3) is 0 Å². The Morgan fingerprint density at radius 3 is 2.47 bits per heavy atom. The second-order valence-electron chi connectivity index (χ2n) is 4.83. The van der Waals surface area contributed by atoms with Crippen LogP contribution in [0.2, 0.25) is 0 Å². The fourth-order valence-electron chi connectivity index (χ4n) is 1.99. The summed E-state index contributed by atoms with van der Waals surface area (Å²) in [4.78, 5) is 2.50. The maximum absolute atomic E-state index is 5.75. The Kier molecular flexibility index (Phi) is 6.90. The maximum atomic E-state index is 5.75. The van der Waals surface area contributed by atoms with Crippen LogP contribution < -0.4 is 5.73 Å². The van der Waals surface area contributed by atoms with Crippen molar-refractivity contribution in [2.45, 2.75) is 45.7 Å². The molecule has 0 aliphatic heterocycles. The monoisotopic (exact) mass is 234 g/mol. The van der Waals surface area contributed by atoms with E-state index in [2.05, 4.69) is 49.1 Å². The number of rotatable bonds is 8. The lowest BCUT2D eigenvalue weighted by Crippen LogP contribution is -2.24. The number of nitrogens with zero attached hydrogens (tertiary/aromatic N) is 1. The Morgan fingerprint density at radius 1 is 1.18 bits per heavy atom. The molecule has 0 aliphatic rings. The fraction of sp³-hybridized carbons (Fsp3) is 0.600. The zero-order valence-corrected chi connectivity index (χ0v) is 11.2. The third-order valence-electron chi connectivity index (χ3n) is 3.08. The van der Waals surface area contributed by atoms with E-state index in [0.717, 1.165) is 19.5 Å². The van der Waals surface area contributed by atoms with E-state index in [1.807, 2.05) is 0 Å². The molecule has 1 aromatic rings. The summed E-state index contributed by atoms with van der Waals surface area (Å²) in [5.74, 6) is 0. The van der Waals surface area contributed by atoms with Gasteiger partial charge in [0.05, 0.1) is 0 Å². The van der Waals surface area contributed by atoms with Gasteiger partial charge in [-0.2, -0.15) is 0 Å². The molecule has 17 heavy (non-hydrogen) atoms. The Balaban J connectivity index is 2.24. The molecule has 2 N–H and O–H groups in total. The highest BCUT2D eigenvalue weighted by molar-refractivity contribution is 5.14. The van der Waals surface area contributed by atoms with Gasteiger partial charge < -0.3 is 5.73 Å². The second kappa shape index (κ2) is 8.26. The van der Waals surface area contributed by atoms with Crippen LogP contribution in [0.5, 0.6) is 0 Å². The molecule has 1 unspecified atom stereocenters. The topological polar surface area (TPSA) is 29.3 Å². The van der Waals surface area contributed by atoms with Gasteiger partial charge in [-0.1, -0.05) is 43.7 Å². The van der Waals surface area contributed by atoms with Gasteiger partial charge in [0.1, 0.15) is 0 Å². The molecule has 0 heterocycles. The minimum absolute atomic E-state index is 0.346. The normalized spacial score (nSPS) is 12.9. The van der Waals surface area contributed by atoms with Gasteiger partial charge in [0.2, 0.25) is 0 Å². The van der Waals surface area contributed by atoms with Gasteiger partial charge in [-0.25, -0.2) is 0 Å². The SMILES string of the molecule is CCN(CCCCC(C)N)Cc1ccccc1. The zero-order chi connectivity index (χ0) is 12.5. The number of benzene rings is 1. The second-order valence-corrected chi connectivity index (χ2v) is 4.83. The first-order valence-electron chi connectivity index (χ1n) is 6.74. The molecule has 0 fully saturated rings. The molecule has 0 aliphatic carbocycles. The summed E-state index contributed by atoms with van der Waals surface area (Å²) in [5.41, 5.74) is 7.16. The first kappa shape index (κ1) is 14.2. The molecule has 0 bridgehead atoms. The van der Waals surface area contributed by atoms with Gasteiger partial charge >= 0.3 is 0 Å². The molecule has 2 nitrogen and oxygen atoms in total. The molecule has 0 amide bonds. The van der Waals surface area contributed by atoms with Crippen LogP contribution in [-0.4, -0.2) is 24.0 Å². The third kappa shape index (κ3) is 6.44. The van der Waals surface area contributed by atoms with Crippen molar-refractivity contribution < 1.29 is 0 Å². The average molecular weight is 234 g/mol. The van der Waals surface area contributed by atoms with Crippen LogP contribution >= 0.6 is 0 Å². The standard InChI is InChI=1S/C15H26N2/c1-3-17(12-8-7-9-14(2)16)13-15-10-5-4-6-11-15/h4-6,10-11,14H,3,7-9,12-13,16H2,1-2H3. The zero-order valence-electron chi connectivity index (χ0n) is 11.2. The first-order valence-corrected chi connectivity index (χ1v) is 6.74. The van der Waals surface area contributed by atoms with Crippen LogP contribution in [0, 0.1) is 0 Å². The number of hydrogen-bond donors (Lipinski definition) is 1. The Bertz CT molecular complexity index is 282. The molecule has 2 heteroatoms. The number of hydrogen-bond acceptors (Lipinski definition) is 2. The lowest BCUT2D eigenvalue weighted by molar-refractivity contribution is 0.272. The average Bonchev–Trinajstić information content (AvgIpc) is 2.34. The van der Waals surface area contributed by atoms with E-state index < -0.39 is 0 Å². The lowest BCUT2D eigenvalue weighted by Gasteiger charge is -2.20.